The average Bonchev–Trinajstić information content (AvgIpc) is 2.72. The van der Waals surface area contributed by atoms with Gasteiger partial charge in [0.15, 0.2) is 0 Å². The van der Waals surface area contributed by atoms with E-state index in [0.29, 0.717) is 17.7 Å². The largest absolute Gasteiger partial charge is 0.508 e. The third kappa shape index (κ3) is 2.60. The fourth-order valence-electron chi connectivity index (χ4n) is 1.61. The first-order chi connectivity index (χ1) is 8.60. The topological polar surface area (TPSA) is 85.9 Å². The summed E-state index contributed by atoms with van der Waals surface area (Å²) in [6, 6.07) is 4.12. The molecule has 0 unspecified atom stereocenters. The Kier molecular flexibility index (Phi) is 3.47. The predicted octanol–water partition coefficient (Wildman–Crippen LogP) is 2.28. The molecule has 5 nitrogen and oxygen atoms in total. The highest BCUT2D eigenvalue weighted by molar-refractivity contribution is 7.09. The molecule has 6 heteroatoms. The second-order valence-electron chi connectivity index (χ2n) is 3.78. The van der Waals surface area contributed by atoms with Crippen LogP contribution in [-0.2, 0) is 6.42 Å². The number of aromatic nitrogens is 1. The van der Waals surface area contributed by atoms with Crippen LogP contribution in [0.15, 0.2) is 28.7 Å². The van der Waals surface area contributed by atoms with Crippen LogP contribution in [0.1, 0.15) is 16.3 Å². The van der Waals surface area contributed by atoms with Gasteiger partial charge in [-0.2, -0.15) is 0 Å². The Morgan fingerprint density at radius 2 is 2.17 bits per heavy atom. The maximum absolute atomic E-state index is 9.71. The minimum absolute atomic E-state index is 0.0435. The minimum atomic E-state index is -0.130. The van der Waals surface area contributed by atoms with Gasteiger partial charge in [0.25, 0.3) is 0 Å². The van der Waals surface area contributed by atoms with Gasteiger partial charge in [0.2, 0.25) is 0 Å². The van der Waals surface area contributed by atoms with Gasteiger partial charge in [-0.3, -0.25) is 0 Å². The van der Waals surface area contributed by atoms with Gasteiger partial charge in [-0.25, -0.2) is 4.98 Å². The third-order valence-electron chi connectivity index (χ3n) is 2.43. The Labute approximate surface area is 108 Å². The summed E-state index contributed by atoms with van der Waals surface area (Å²) in [5.41, 5.74) is 1.46. The second kappa shape index (κ2) is 5.05. The molecule has 0 saturated heterocycles. The zero-order chi connectivity index (χ0) is 13.1. The van der Waals surface area contributed by atoms with Gasteiger partial charge in [-0.05, 0) is 19.1 Å². The number of hydrogen-bond donors (Lipinski definition) is 3. The quantitative estimate of drug-likeness (QED) is 0.451. The Bertz CT molecular complexity index is 593. The van der Waals surface area contributed by atoms with Crippen molar-refractivity contribution >= 4 is 17.0 Å². The van der Waals surface area contributed by atoms with Gasteiger partial charge in [0.1, 0.15) is 11.5 Å². The van der Waals surface area contributed by atoms with Crippen LogP contribution in [0.5, 0.6) is 11.5 Å². The van der Waals surface area contributed by atoms with Crippen molar-refractivity contribution in [1.29, 1.82) is 0 Å². The summed E-state index contributed by atoms with van der Waals surface area (Å²) in [4.78, 5) is 4.27. The lowest BCUT2D eigenvalue weighted by Gasteiger charge is -2.06. The molecule has 18 heavy (non-hydrogen) atoms. The van der Waals surface area contributed by atoms with Crippen LogP contribution in [0, 0.1) is 6.92 Å². The lowest BCUT2D eigenvalue weighted by atomic mass is 10.0. The molecule has 2 aromatic rings. The van der Waals surface area contributed by atoms with Crippen molar-refractivity contribution in [3.8, 4) is 11.5 Å². The molecule has 1 aromatic heterocycles. The van der Waals surface area contributed by atoms with Gasteiger partial charge in [-0.15, -0.1) is 11.3 Å². The van der Waals surface area contributed by atoms with Crippen molar-refractivity contribution in [3.63, 3.8) is 0 Å². The van der Waals surface area contributed by atoms with Crippen molar-refractivity contribution in [1.82, 2.24) is 4.98 Å². The number of nitrogens with zero attached hydrogens (tertiary/aromatic N) is 2. The first kappa shape index (κ1) is 12.4. The van der Waals surface area contributed by atoms with Gasteiger partial charge in [0.05, 0.1) is 16.4 Å². The maximum atomic E-state index is 9.71. The van der Waals surface area contributed by atoms with Crippen LogP contribution in [0.25, 0.3) is 0 Å². The fourth-order valence-corrected chi connectivity index (χ4v) is 2.22. The number of benzene rings is 1. The molecule has 1 aromatic carbocycles. The van der Waals surface area contributed by atoms with Gasteiger partial charge in [0, 0.05) is 23.4 Å². The molecular weight excluding hydrogens is 252 g/mol. The standard InChI is InChI=1S/C12H12N2O3S/c1-7-13-8(6-18-7)4-11(14-17)10-3-2-9(15)5-12(10)16/h2-3,5-6,15-17H,4H2,1H3/b14-11-. The number of oxime groups is 1. The lowest BCUT2D eigenvalue weighted by Crippen LogP contribution is -2.06. The van der Waals surface area contributed by atoms with E-state index >= 15 is 0 Å². The van der Waals surface area contributed by atoms with E-state index in [1.165, 1.54) is 29.5 Å². The highest BCUT2D eigenvalue weighted by atomic mass is 32.1. The van der Waals surface area contributed by atoms with Crippen molar-refractivity contribution in [3.05, 3.63) is 39.8 Å². The van der Waals surface area contributed by atoms with Crippen LogP contribution < -0.4 is 0 Å². The van der Waals surface area contributed by atoms with Gasteiger partial charge in [-0.1, -0.05) is 5.16 Å². The Morgan fingerprint density at radius 3 is 2.72 bits per heavy atom. The molecular formula is C12H12N2O3S. The predicted molar refractivity (Wildman–Crippen MR) is 68.7 cm³/mol. The third-order valence-corrected chi connectivity index (χ3v) is 3.25. The van der Waals surface area contributed by atoms with Gasteiger partial charge >= 0.3 is 0 Å². The Morgan fingerprint density at radius 1 is 1.39 bits per heavy atom. The molecule has 0 bridgehead atoms. The van der Waals surface area contributed by atoms with Crippen LogP contribution in [0.3, 0.4) is 0 Å². The van der Waals surface area contributed by atoms with E-state index in [1.54, 1.807) is 0 Å². The molecule has 0 fully saturated rings. The fraction of sp³-hybridized carbons (Fsp3) is 0.167. The summed E-state index contributed by atoms with van der Waals surface area (Å²) < 4.78 is 0. The first-order valence-electron chi connectivity index (χ1n) is 5.24. The van der Waals surface area contributed by atoms with Crippen molar-refractivity contribution < 1.29 is 15.4 Å². The smallest absolute Gasteiger partial charge is 0.128 e. The van der Waals surface area contributed by atoms with E-state index in [0.717, 1.165) is 10.7 Å². The molecule has 0 atom stereocenters. The van der Waals surface area contributed by atoms with E-state index in [2.05, 4.69) is 10.1 Å². The molecule has 0 radical (unpaired) electrons. The maximum Gasteiger partial charge on any atom is 0.128 e. The molecule has 1 heterocycles. The summed E-state index contributed by atoms with van der Waals surface area (Å²) in [7, 11) is 0. The first-order valence-corrected chi connectivity index (χ1v) is 6.12. The van der Waals surface area contributed by atoms with E-state index in [4.69, 9.17) is 5.21 Å². The Hall–Kier alpha value is -2.08. The van der Waals surface area contributed by atoms with Crippen molar-refractivity contribution in [2.45, 2.75) is 13.3 Å². The Balaban J connectivity index is 2.29. The number of aryl methyl sites for hydroxylation is 1. The average molecular weight is 264 g/mol. The SMILES string of the molecule is Cc1nc(C/C(=N/O)c2ccc(O)cc2O)cs1. The summed E-state index contributed by atoms with van der Waals surface area (Å²) in [5, 5.41) is 33.9. The number of thiazole rings is 1. The van der Waals surface area contributed by atoms with Crippen LogP contribution >= 0.6 is 11.3 Å². The monoisotopic (exact) mass is 264 g/mol. The van der Waals surface area contributed by atoms with E-state index in [1.807, 2.05) is 12.3 Å². The highest BCUT2D eigenvalue weighted by Crippen LogP contribution is 2.24. The molecule has 0 aliphatic carbocycles. The summed E-state index contributed by atoms with van der Waals surface area (Å²) in [6.07, 6.45) is 0.319. The van der Waals surface area contributed by atoms with Crippen LogP contribution in [0.2, 0.25) is 0 Å². The lowest BCUT2D eigenvalue weighted by molar-refractivity contribution is 0.318. The zero-order valence-corrected chi connectivity index (χ0v) is 10.5. The normalized spacial score (nSPS) is 11.7. The number of aromatic hydroxyl groups is 2. The van der Waals surface area contributed by atoms with E-state index in [9.17, 15) is 10.2 Å². The molecule has 3 N–H and O–H groups in total. The van der Waals surface area contributed by atoms with Crippen LogP contribution in [-0.4, -0.2) is 26.1 Å². The second-order valence-corrected chi connectivity index (χ2v) is 4.85. The molecule has 94 valence electrons. The summed E-state index contributed by atoms with van der Waals surface area (Å²) in [6.45, 7) is 1.89. The molecule has 0 amide bonds. The minimum Gasteiger partial charge on any atom is -0.508 e. The number of phenolic OH excluding ortho intramolecular Hbond substituents is 2. The van der Waals surface area contributed by atoms with Crippen molar-refractivity contribution in [2.75, 3.05) is 0 Å². The zero-order valence-electron chi connectivity index (χ0n) is 9.66. The molecule has 0 saturated carbocycles. The number of rotatable bonds is 3. The van der Waals surface area contributed by atoms with E-state index in [-0.39, 0.29) is 11.5 Å². The summed E-state index contributed by atoms with van der Waals surface area (Å²) in [5.74, 6) is -0.173. The van der Waals surface area contributed by atoms with Crippen LogP contribution in [0.4, 0.5) is 0 Å². The molecule has 0 spiro atoms. The number of hydrogen-bond acceptors (Lipinski definition) is 6. The van der Waals surface area contributed by atoms with E-state index < -0.39 is 0 Å². The molecule has 2 rings (SSSR count). The highest BCUT2D eigenvalue weighted by Gasteiger charge is 2.12. The molecule has 0 aliphatic heterocycles. The number of phenols is 2. The molecule has 0 aliphatic rings. The van der Waals surface area contributed by atoms with Crippen molar-refractivity contribution in [2.24, 2.45) is 5.16 Å². The van der Waals surface area contributed by atoms with Gasteiger partial charge < -0.3 is 15.4 Å². The summed E-state index contributed by atoms with van der Waals surface area (Å²) >= 11 is 1.51.